The molecule has 0 amide bonds. The number of benzene rings is 1. The molecule has 0 aliphatic carbocycles. The summed E-state index contributed by atoms with van der Waals surface area (Å²) in [6.45, 7) is 6.30. The van der Waals surface area contributed by atoms with Gasteiger partial charge in [-0.2, -0.15) is 5.26 Å². The minimum absolute atomic E-state index is 0.228. The molecule has 0 saturated heterocycles. The zero-order valence-electron chi connectivity index (χ0n) is 11.5. The second-order valence-electron chi connectivity index (χ2n) is 5.60. The first-order chi connectivity index (χ1) is 9.50. The lowest BCUT2D eigenvalue weighted by atomic mass is 9.90. The highest BCUT2D eigenvalue weighted by Gasteiger charge is 2.27. The van der Waals surface area contributed by atoms with Gasteiger partial charge in [0.25, 0.3) is 0 Å². The van der Waals surface area contributed by atoms with Gasteiger partial charge in [-0.3, -0.25) is 0 Å². The summed E-state index contributed by atoms with van der Waals surface area (Å²) >= 11 is 0. The molecule has 0 unspecified atom stereocenters. The quantitative estimate of drug-likeness (QED) is 0.794. The van der Waals surface area contributed by atoms with Crippen LogP contribution >= 0.6 is 0 Å². The van der Waals surface area contributed by atoms with Gasteiger partial charge in [-0.15, -0.1) is 5.10 Å². The zero-order chi connectivity index (χ0) is 14.3. The Morgan fingerprint density at radius 3 is 2.70 bits per heavy atom. The predicted molar refractivity (Wildman–Crippen MR) is 70.9 cm³/mol. The second-order valence-corrected chi connectivity index (χ2v) is 5.60. The molecule has 0 radical (unpaired) electrons. The van der Waals surface area contributed by atoms with Crippen LogP contribution in [0, 0.1) is 11.3 Å². The highest BCUT2D eigenvalue weighted by Crippen LogP contribution is 2.35. The van der Waals surface area contributed by atoms with Crippen molar-refractivity contribution in [1.29, 1.82) is 5.26 Å². The first-order valence-electron chi connectivity index (χ1n) is 6.27. The van der Waals surface area contributed by atoms with E-state index in [1.165, 1.54) is 0 Å². The van der Waals surface area contributed by atoms with E-state index in [0.29, 0.717) is 17.2 Å². The van der Waals surface area contributed by atoms with E-state index in [1.807, 2.05) is 39.0 Å². The van der Waals surface area contributed by atoms with Crippen LogP contribution < -0.4 is 9.47 Å². The zero-order valence-corrected chi connectivity index (χ0v) is 11.5. The first kappa shape index (κ1) is 12.5. The van der Waals surface area contributed by atoms with E-state index in [0.717, 1.165) is 11.4 Å². The molecule has 0 bridgehead atoms. The van der Waals surface area contributed by atoms with Crippen LogP contribution in [0.15, 0.2) is 18.2 Å². The number of aromatic nitrogens is 3. The number of fused-ring (bicyclic) bond motifs is 1. The van der Waals surface area contributed by atoms with Crippen LogP contribution in [0.2, 0.25) is 0 Å². The maximum atomic E-state index is 9.19. The predicted octanol–water partition coefficient (Wildman–Crippen LogP) is 2.17. The highest BCUT2D eigenvalue weighted by atomic mass is 16.7. The van der Waals surface area contributed by atoms with Gasteiger partial charge in [-0.25, -0.2) is 4.68 Å². The standard InChI is InChI=1S/C14H14N4O2/c1-14(2,3)13-10(7-15)16-17-18(13)9-4-5-11-12(6-9)20-8-19-11/h4-6H,8H2,1-3H3. The Morgan fingerprint density at radius 1 is 1.25 bits per heavy atom. The molecule has 0 spiro atoms. The SMILES string of the molecule is CC(C)(C)c1c(C#N)nnn1-c1ccc2c(c1)OCO2. The van der Waals surface area contributed by atoms with Gasteiger partial charge < -0.3 is 9.47 Å². The van der Waals surface area contributed by atoms with Crippen molar-refractivity contribution in [2.24, 2.45) is 0 Å². The molecule has 6 nitrogen and oxygen atoms in total. The number of nitrogens with zero attached hydrogens (tertiary/aromatic N) is 4. The molecule has 1 aromatic carbocycles. The summed E-state index contributed by atoms with van der Waals surface area (Å²) in [5, 5.41) is 17.2. The minimum atomic E-state index is -0.245. The third-order valence-electron chi connectivity index (χ3n) is 3.09. The summed E-state index contributed by atoms with van der Waals surface area (Å²) in [7, 11) is 0. The molecular formula is C14H14N4O2. The van der Waals surface area contributed by atoms with Gasteiger partial charge in [-0.05, 0) is 12.1 Å². The minimum Gasteiger partial charge on any atom is -0.454 e. The van der Waals surface area contributed by atoms with Gasteiger partial charge in [0.2, 0.25) is 6.79 Å². The number of rotatable bonds is 1. The highest BCUT2D eigenvalue weighted by molar-refractivity contribution is 5.51. The van der Waals surface area contributed by atoms with Crippen molar-refractivity contribution in [3.05, 3.63) is 29.6 Å². The summed E-state index contributed by atoms with van der Waals surface area (Å²) in [6.07, 6.45) is 0. The molecule has 1 aromatic heterocycles. The maximum absolute atomic E-state index is 9.19. The molecular weight excluding hydrogens is 256 g/mol. The van der Waals surface area contributed by atoms with E-state index in [2.05, 4.69) is 16.4 Å². The van der Waals surface area contributed by atoms with Crippen molar-refractivity contribution < 1.29 is 9.47 Å². The molecule has 3 rings (SSSR count). The fourth-order valence-electron chi connectivity index (χ4n) is 2.23. The normalized spacial score (nSPS) is 13.3. The second kappa shape index (κ2) is 4.23. The Morgan fingerprint density at radius 2 is 2.00 bits per heavy atom. The first-order valence-corrected chi connectivity index (χ1v) is 6.27. The molecule has 0 atom stereocenters. The topological polar surface area (TPSA) is 73.0 Å². The Labute approximate surface area is 116 Å². The van der Waals surface area contributed by atoms with Gasteiger partial charge in [0, 0.05) is 11.5 Å². The maximum Gasteiger partial charge on any atom is 0.231 e. The summed E-state index contributed by atoms with van der Waals surface area (Å²) in [5.74, 6) is 1.39. The van der Waals surface area contributed by atoms with Crippen molar-refractivity contribution in [3.8, 4) is 23.3 Å². The molecule has 102 valence electrons. The largest absolute Gasteiger partial charge is 0.454 e. The molecule has 0 saturated carbocycles. The van der Waals surface area contributed by atoms with E-state index in [-0.39, 0.29) is 12.2 Å². The van der Waals surface area contributed by atoms with Crippen molar-refractivity contribution >= 4 is 0 Å². The third kappa shape index (κ3) is 1.88. The van der Waals surface area contributed by atoms with Crippen LogP contribution in [0.25, 0.3) is 5.69 Å². The lowest BCUT2D eigenvalue weighted by Gasteiger charge is -2.19. The summed E-state index contributed by atoms with van der Waals surface area (Å²) < 4.78 is 12.3. The van der Waals surface area contributed by atoms with Gasteiger partial charge in [0.05, 0.1) is 11.4 Å². The Kier molecular flexibility index (Phi) is 2.64. The van der Waals surface area contributed by atoms with Crippen LogP contribution in [0.3, 0.4) is 0 Å². The Hall–Kier alpha value is -2.55. The van der Waals surface area contributed by atoms with E-state index < -0.39 is 0 Å². The average Bonchev–Trinajstić information content (AvgIpc) is 3.03. The van der Waals surface area contributed by atoms with Crippen LogP contribution in [0.5, 0.6) is 11.5 Å². The van der Waals surface area contributed by atoms with Crippen molar-refractivity contribution in [1.82, 2.24) is 15.0 Å². The Bertz CT molecular complexity index is 707. The molecule has 6 heteroatoms. The van der Waals surface area contributed by atoms with Gasteiger partial charge in [-0.1, -0.05) is 26.0 Å². The number of nitriles is 1. The van der Waals surface area contributed by atoms with Crippen molar-refractivity contribution in [3.63, 3.8) is 0 Å². The third-order valence-corrected chi connectivity index (χ3v) is 3.09. The summed E-state index contributed by atoms with van der Waals surface area (Å²) in [5.41, 5.74) is 1.67. The van der Waals surface area contributed by atoms with Crippen LogP contribution in [-0.2, 0) is 5.41 Å². The monoisotopic (exact) mass is 270 g/mol. The fourth-order valence-corrected chi connectivity index (χ4v) is 2.23. The number of hydrogen-bond acceptors (Lipinski definition) is 5. The molecule has 2 aromatic rings. The van der Waals surface area contributed by atoms with Crippen molar-refractivity contribution in [2.45, 2.75) is 26.2 Å². The average molecular weight is 270 g/mol. The molecule has 20 heavy (non-hydrogen) atoms. The number of hydrogen-bond donors (Lipinski definition) is 0. The molecule has 1 aliphatic heterocycles. The van der Waals surface area contributed by atoms with E-state index >= 15 is 0 Å². The molecule has 2 heterocycles. The van der Waals surface area contributed by atoms with Gasteiger partial charge >= 0.3 is 0 Å². The van der Waals surface area contributed by atoms with Gasteiger partial charge in [0.1, 0.15) is 6.07 Å². The molecule has 0 fully saturated rings. The lowest BCUT2D eigenvalue weighted by molar-refractivity contribution is 0.174. The summed E-state index contributed by atoms with van der Waals surface area (Å²) in [4.78, 5) is 0. The summed E-state index contributed by atoms with van der Waals surface area (Å²) in [6, 6.07) is 7.64. The van der Waals surface area contributed by atoms with Crippen molar-refractivity contribution in [2.75, 3.05) is 6.79 Å². The molecule has 1 aliphatic rings. The number of ether oxygens (including phenoxy) is 2. The van der Waals surface area contributed by atoms with E-state index in [1.54, 1.807) is 4.68 Å². The van der Waals surface area contributed by atoms with Crippen LogP contribution in [0.1, 0.15) is 32.2 Å². The van der Waals surface area contributed by atoms with Crippen LogP contribution in [0.4, 0.5) is 0 Å². The van der Waals surface area contributed by atoms with E-state index in [9.17, 15) is 5.26 Å². The fraction of sp³-hybridized carbons (Fsp3) is 0.357. The smallest absolute Gasteiger partial charge is 0.231 e. The lowest BCUT2D eigenvalue weighted by Crippen LogP contribution is -2.19. The van der Waals surface area contributed by atoms with Gasteiger partial charge in [0.15, 0.2) is 17.2 Å². The molecule has 0 N–H and O–H groups in total. The van der Waals surface area contributed by atoms with Crippen LogP contribution in [-0.4, -0.2) is 21.8 Å². The Balaban J connectivity index is 2.16. The van der Waals surface area contributed by atoms with E-state index in [4.69, 9.17) is 9.47 Å².